The van der Waals surface area contributed by atoms with Crippen LogP contribution in [-0.2, 0) is 15.6 Å². The van der Waals surface area contributed by atoms with Crippen LogP contribution in [0, 0.1) is 6.92 Å². The van der Waals surface area contributed by atoms with Crippen LogP contribution >= 0.6 is 0 Å². The molecule has 0 heterocycles. The van der Waals surface area contributed by atoms with Gasteiger partial charge in [0.25, 0.3) is 0 Å². The van der Waals surface area contributed by atoms with Crippen molar-refractivity contribution in [1.82, 2.24) is 0 Å². The second kappa shape index (κ2) is 7.44. The molecule has 100 valence electrons. The van der Waals surface area contributed by atoms with E-state index >= 15 is 0 Å². The summed E-state index contributed by atoms with van der Waals surface area (Å²) < 4.78 is 11.9. The topological polar surface area (TPSA) is 54.4 Å². The van der Waals surface area contributed by atoms with Crippen LogP contribution in [-0.4, -0.2) is 27.0 Å². The highest BCUT2D eigenvalue weighted by Gasteiger charge is 2.11. The van der Waals surface area contributed by atoms with Gasteiger partial charge in [-0.1, -0.05) is 17.7 Å². The lowest BCUT2D eigenvalue weighted by Crippen LogP contribution is -2.17. The van der Waals surface area contributed by atoms with E-state index in [2.05, 4.69) is 0 Å². The molecule has 1 rings (SSSR count). The van der Waals surface area contributed by atoms with E-state index in [1.54, 1.807) is 0 Å². The van der Waals surface area contributed by atoms with Gasteiger partial charge in [0.2, 0.25) is 0 Å². The van der Waals surface area contributed by atoms with Crippen LogP contribution in [0.5, 0.6) is 0 Å². The van der Waals surface area contributed by atoms with Gasteiger partial charge in [-0.2, -0.15) is 0 Å². The number of aliphatic hydroxyl groups excluding tert-OH is 1. The van der Waals surface area contributed by atoms with E-state index in [9.17, 15) is 14.1 Å². The maximum absolute atomic E-state index is 11.9. The van der Waals surface area contributed by atoms with Crippen molar-refractivity contribution in [2.45, 2.75) is 44.1 Å². The number of benzene rings is 1. The molecule has 0 aromatic heterocycles. The largest absolute Gasteiger partial charge is 0.392 e. The summed E-state index contributed by atoms with van der Waals surface area (Å²) in [5.74, 6) is 0.364. The minimum absolute atomic E-state index is 0.127. The van der Waals surface area contributed by atoms with Crippen LogP contribution < -0.4 is 0 Å². The van der Waals surface area contributed by atoms with Crippen molar-refractivity contribution < 1.29 is 14.1 Å². The number of ketones is 1. The first-order chi connectivity index (χ1) is 8.49. The third-order valence-electron chi connectivity index (χ3n) is 2.69. The summed E-state index contributed by atoms with van der Waals surface area (Å²) >= 11 is 0. The highest BCUT2D eigenvalue weighted by Crippen LogP contribution is 2.11. The molecular formula is C14H20O3S. The summed E-state index contributed by atoms with van der Waals surface area (Å²) in [5.41, 5.74) is 1.12. The number of Topliss-reactive ketones (excluding diaryl/α,β-unsaturated/α-hetero) is 1. The average Bonchev–Trinajstić information content (AvgIpc) is 2.29. The molecule has 18 heavy (non-hydrogen) atoms. The number of aryl methyl sites for hydroxylation is 1. The Bertz CT molecular complexity index is 412. The standard InChI is InChI=1S/C14H20O3S/c1-11-6-8-14(9-7-11)18(17)10-13(16)5-3-4-12(2)15/h6-9,13,16H,3-5,10H2,1-2H3/t13-,18+/m0/s1. The van der Waals surface area contributed by atoms with Gasteiger partial charge in [0, 0.05) is 11.3 Å². The number of carbonyl (C=O) groups excluding carboxylic acids is 1. The molecule has 4 heteroatoms. The molecule has 0 fully saturated rings. The molecule has 1 aromatic rings. The first-order valence-electron chi connectivity index (χ1n) is 6.11. The van der Waals surface area contributed by atoms with Crippen LogP contribution in [0.15, 0.2) is 29.2 Å². The summed E-state index contributed by atoms with van der Waals surface area (Å²) in [7, 11) is -1.17. The molecule has 0 amide bonds. The number of rotatable bonds is 7. The van der Waals surface area contributed by atoms with E-state index in [1.165, 1.54) is 6.92 Å². The average molecular weight is 268 g/mol. The van der Waals surface area contributed by atoms with Crippen molar-refractivity contribution >= 4 is 16.6 Å². The van der Waals surface area contributed by atoms with Gasteiger partial charge < -0.3 is 9.90 Å². The monoisotopic (exact) mass is 268 g/mol. The van der Waals surface area contributed by atoms with E-state index in [-0.39, 0.29) is 11.5 Å². The third-order valence-corrected chi connectivity index (χ3v) is 4.18. The van der Waals surface area contributed by atoms with Gasteiger partial charge in [0.15, 0.2) is 0 Å². The van der Waals surface area contributed by atoms with Crippen LogP contribution in [0.4, 0.5) is 0 Å². The molecule has 0 bridgehead atoms. The first kappa shape index (κ1) is 15.1. The van der Waals surface area contributed by atoms with Crippen LogP contribution in [0.25, 0.3) is 0 Å². The number of hydrogen-bond donors (Lipinski definition) is 1. The Kier molecular flexibility index (Phi) is 6.22. The Morgan fingerprint density at radius 1 is 1.33 bits per heavy atom. The lowest BCUT2D eigenvalue weighted by atomic mass is 10.1. The molecule has 0 aliphatic rings. The van der Waals surface area contributed by atoms with Gasteiger partial charge in [-0.05, 0) is 38.8 Å². The molecule has 0 saturated carbocycles. The second-order valence-electron chi connectivity index (χ2n) is 4.57. The van der Waals surface area contributed by atoms with Crippen molar-refractivity contribution in [1.29, 1.82) is 0 Å². The van der Waals surface area contributed by atoms with E-state index in [1.807, 2.05) is 31.2 Å². The lowest BCUT2D eigenvalue weighted by molar-refractivity contribution is -0.117. The predicted octanol–water partition coefficient (Wildman–Crippen LogP) is 2.22. The van der Waals surface area contributed by atoms with Crippen molar-refractivity contribution in [2.75, 3.05) is 5.75 Å². The van der Waals surface area contributed by atoms with Gasteiger partial charge >= 0.3 is 0 Å². The molecule has 0 radical (unpaired) electrons. The third kappa shape index (κ3) is 5.56. The van der Waals surface area contributed by atoms with Crippen molar-refractivity contribution in [3.63, 3.8) is 0 Å². The normalized spacial score (nSPS) is 14.2. The molecule has 0 spiro atoms. The van der Waals surface area contributed by atoms with E-state index in [4.69, 9.17) is 0 Å². The minimum Gasteiger partial charge on any atom is -0.392 e. The SMILES string of the molecule is CC(=O)CCC[C@H](O)C[S@@](=O)c1ccc(C)cc1. The number of aliphatic hydroxyl groups is 1. The molecule has 3 nitrogen and oxygen atoms in total. The summed E-state index contributed by atoms with van der Waals surface area (Å²) in [6, 6.07) is 7.48. The fourth-order valence-corrected chi connectivity index (χ4v) is 2.78. The Morgan fingerprint density at radius 2 is 1.94 bits per heavy atom. The summed E-state index contributed by atoms with van der Waals surface area (Å²) in [6.07, 6.45) is 1.05. The fourth-order valence-electron chi connectivity index (χ4n) is 1.63. The lowest BCUT2D eigenvalue weighted by Gasteiger charge is -2.09. The molecular weight excluding hydrogens is 248 g/mol. The summed E-state index contributed by atoms with van der Waals surface area (Å²) in [6.45, 7) is 3.51. The van der Waals surface area contributed by atoms with Gasteiger partial charge in [-0.25, -0.2) is 0 Å². The Labute approximate surface area is 111 Å². The highest BCUT2D eigenvalue weighted by atomic mass is 32.2. The Balaban J connectivity index is 2.39. The van der Waals surface area contributed by atoms with E-state index in [0.29, 0.717) is 19.3 Å². The fraction of sp³-hybridized carbons (Fsp3) is 0.500. The highest BCUT2D eigenvalue weighted by molar-refractivity contribution is 7.85. The second-order valence-corrected chi connectivity index (χ2v) is 6.07. The summed E-state index contributed by atoms with van der Waals surface area (Å²) in [5, 5.41) is 9.74. The van der Waals surface area contributed by atoms with Crippen molar-refractivity contribution in [3.8, 4) is 0 Å². The smallest absolute Gasteiger partial charge is 0.129 e. The van der Waals surface area contributed by atoms with E-state index < -0.39 is 16.9 Å². The predicted molar refractivity (Wildman–Crippen MR) is 73.0 cm³/mol. The molecule has 0 unspecified atom stereocenters. The molecule has 0 saturated heterocycles. The zero-order chi connectivity index (χ0) is 13.5. The van der Waals surface area contributed by atoms with Gasteiger partial charge in [0.1, 0.15) is 5.78 Å². The zero-order valence-electron chi connectivity index (χ0n) is 10.9. The van der Waals surface area contributed by atoms with E-state index in [0.717, 1.165) is 10.5 Å². The molecule has 2 atom stereocenters. The van der Waals surface area contributed by atoms with Crippen molar-refractivity contribution in [3.05, 3.63) is 29.8 Å². The first-order valence-corrected chi connectivity index (χ1v) is 7.43. The summed E-state index contributed by atoms with van der Waals surface area (Å²) in [4.78, 5) is 11.5. The molecule has 1 N–H and O–H groups in total. The number of hydrogen-bond acceptors (Lipinski definition) is 3. The van der Waals surface area contributed by atoms with Crippen LogP contribution in [0.3, 0.4) is 0 Å². The number of carbonyl (C=O) groups is 1. The maximum Gasteiger partial charge on any atom is 0.129 e. The maximum atomic E-state index is 11.9. The zero-order valence-corrected chi connectivity index (χ0v) is 11.7. The minimum atomic E-state index is -1.17. The molecule has 0 aliphatic carbocycles. The Hall–Kier alpha value is -1.00. The van der Waals surface area contributed by atoms with Gasteiger partial charge in [0.05, 0.1) is 22.7 Å². The van der Waals surface area contributed by atoms with Crippen molar-refractivity contribution in [2.24, 2.45) is 0 Å². The van der Waals surface area contributed by atoms with Gasteiger partial charge in [-0.15, -0.1) is 0 Å². The Morgan fingerprint density at radius 3 is 2.50 bits per heavy atom. The van der Waals surface area contributed by atoms with Crippen LogP contribution in [0.2, 0.25) is 0 Å². The molecule has 1 aromatic carbocycles. The van der Waals surface area contributed by atoms with Gasteiger partial charge in [-0.3, -0.25) is 4.21 Å². The quantitative estimate of drug-likeness (QED) is 0.825. The molecule has 0 aliphatic heterocycles. The van der Waals surface area contributed by atoms with Crippen LogP contribution in [0.1, 0.15) is 31.7 Å².